The van der Waals surface area contributed by atoms with Crippen molar-refractivity contribution in [3.63, 3.8) is 0 Å². The Balaban J connectivity index is 2.25. The van der Waals surface area contributed by atoms with E-state index in [1.54, 1.807) is 20.3 Å². The van der Waals surface area contributed by atoms with Gasteiger partial charge in [-0.3, -0.25) is 0 Å². The van der Waals surface area contributed by atoms with E-state index < -0.39 is 0 Å². The minimum absolute atomic E-state index is 0.195. The summed E-state index contributed by atoms with van der Waals surface area (Å²) in [5.74, 6) is 1.62. The molecule has 88 valence electrons. The molecule has 0 unspecified atom stereocenters. The molecule has 1 aliphatic heterocycles. The van der Waals surface area contributed by atoms with Crippen LogP contribution < -0.4 is 20.1 Å². The van der Waals surface area contributed by atoms with E-state index in [0.29, 0.717) is 17.7 Å². The van der Waals surface area contributed by atoms with Crippen LogP contribution in [0, 0.1) is 0 Å². The molecule has 2 heterocycles. The van der Waals surface area contributed by atoms with Gasteiger partial charge in [0.15, 0.2) is 0 Å². The van der Waals surface area contributed by atoms with Gasteiger partial charge >= 0.3 is 0 Å². The summed E-state index contributed by atoms with van der Waals surface area (Å²) in [4.78, 5) is 10.6. The summed E-state index contributed by atoms with van der Waals surface area (Å²) in [6, 6.07) is 1.85. The second kappa shape index (κ2) is 4.52. The molecule has 2 rings (SSSR count). The van der Waals surface area contributed by atoms with Crippen molar-refractivity contribution >= 4 is 5.95 Å². The highest BCUT2D eigenvalue weighted by Gasteiger charge is 2.22. The number of hydrogen-bond acceptors (Lipinski definition) is 6. The van der Waals surface area contributed by atoms with Crippen molar-refractivity contribution in [2.24, 2.45) is 5.73 Å². The first-order valence-electron chi connectivity index (χ1n) is 5.20. The Hall–Kier alpha value is -1.56. The average Bonchev–Trinajstić information content (AvgIpc) is 2.75. The van der Waals surface area contributed by atoms with Crippen molar-refractivity contribution in [2.45, 2.75) is 12.5 Å². The van der Waals surface area contributed by atoms with Gasteiger partial charge in [0, 0.05) is 19.1 Å². The fourth-order valence-corrected chi connectivity index (χ4v) is 1.71. The van der Waals surface area contributed by atoms with Gasteiger partial charge < -0.3 is 20.1 Å². The van der Waals surface area contributed by atoms with E-state index in [-0.39, 0.29) is 6.04 Å². The van der Waals surface area contributed by atoms with Gasteiger partial charge in [0.1, 0.15) is 0 Å². The third-order valence-corrected chi connectivity index (χ3v) is 2.59. The first kappa shape index (κ1) is 10.9. The summed E-state index contributed by atoms with van der Waals surface area (Å²) in [7, 11) is 3.14. The van der Waals surface area contributed by atoms with Gasteiger partial charge in [-0.25, -0.2) is 0 Å². The highest BCUT2D eigenvalue weighted by Crippen LogP contribution is 2.22. The Morgan fingerprint density at radius 1 is 1.31 bits per heavy atom. The largest absolute Gasteiger partial charge is 0.481 e. The molecule has 1 atom stereocenters. The summed E-state index contributed by atoms with van der Waals surface area (Å²) < 4.78 is 10.2. The van der Waals surface area contributed by atoms with E-state index in [0.717, 1.165) is 19.5 Å². The smallest absolute Gasteiger partial charge is 0.232 e. The lowest BCUT2D eigenvalue weighted by Gasteiger charge is -2.16. The molecule has 0 spiro atoms. The molecular formula is C10H16N4O2. The molecule has 0 amide bonds. The van der Waals surface area contributed by atoms with Crippen LogP contribution in [-0.4, -0.2) is 43.3 Å². The minimum Gasteiger partial charge on any atom is -0.481 e. The molecule has 1 aromatic rings. The predicted molar refractivity (Wildman–Crippen MR) is 59.9 cm³/mol. The summed E-state index contributed by atoms with van der Waals surface area (Å²) >= 11 is 0. The van der Waals surface area contributed by atoms with Gasteiger partial charge in [0.05, 0.1) is 20.3 Å². The number of methoxy groups -OCH3 is 2. The first-order valence-corrected chi connectivity index (χ1v) is 5.20. The summed E-state index contributed by atoms with van der Waals surface area (Å²) in [5.41, 5.74) is 5.84. The highest BCUT2D eigenvalue weighted by atomic mass is 16.5. The van der Waals surface area contributed by atoms with Crippen molar-refractivity contribution in [3.8, 4) is 11.8 Å². The molecule has 0 bridgehead atoms. The number of nitrogens with two attached hydrogens (primary N) is 1. The standard InChI is InChI=1S/C10H16N4O2/c1-15-8-5-9(16-2)13-10(12-8)14-4-3-7(11)6-14/h5,7H,3-4,6,11H2,1-2H3/t7-/m1/s1. The van der Waals surface area contributed by atoms with Gasteiger partial charge in [-0.2, -0.15) is 9.97 Å². The summed E-state index contributed by atoms with van der Waals surface area (Å²) in [6.07, 6.45) is 0.961. The monoisotopic (exact) mass is 224 g/mol. The van der Waals surface area contributed by atoms with Crippen LogP contribution in [0.25, 0.3) is 0 Å². The maximum absolute atomic E-state index is 5.84. The SMILES string of the molecule is COc1cc(OC)nc(N2CC[C@@H](N)C2)n1. The molecule has 1 fully saturated rings. The van der Waals surface area contributed by atoms with Crippen molar-refractivity contribution in [1.29, 1.82) is 0 Å². The molecular weight excluding hydrogens is 208 g/mol. The number of nitrogens with zero attached hydrogens (tertiary/aromatic N) is 3. The number of ether oxygens (including phenoxy) is 2. The van der Waals surface area contributed by atoms with Gasteiger partial charge in [0.2, 0.25) is 17.7 Å². The van der Waals surface area contributed by atoms with Crippen LogP contribution >= 0.6 is 0 Å². The highest BCUT2D eigenvalue weighted by molar-refractivity contribution is 5.38. The third-order valence-electron chi connectivity index (χ3n) is 2.59. The lowest BCUT2D eigenvalue weighted by atomic mass is 10.3. The Morgan fingerprint density at radius 3 is 2.38 bits per heavy atom. The Morgan fingerprint density at radius 2 is 1.94 bits per heavy atom. The van der Waals surface area contributed by atoms with Crippen LogP contribution in [0.4, 0.5) is 5.95 Å². The van der Waals surface area contributed by atoms with E-state index in [2.05, 4.69) is 9.97 Å². The maximum atomic E-state index is 5.84. The van der Waals surface area contributed by atoms with E-state index in [9.17, 15) is 0 Å². The van der Waals surface area contributed by atoms with Crippen molar-refractivity contribution < 1.29 is 9.47 Å². The number of aromatic nitrogens is 2. The van der Waals surface area contributed by atoms with Crippen molar-refractivity contribution in [3.05, 3.63) is 6.07 Å². The zero-order valence-electron chi connectivity index (χ0n) is 9.51. The summed E-state index contributed by atoms with van der Waals surface area (Å²) in [6.45, 7) is 1.65. The van der Waals surface area contributed by atoms with Crippen LogP contribution in [0.2, 0.25) is 0 Å². The van der Waals surface area contributed by atoms with Crippen LogP contribution in [-0.2, 0) is 0 Å². The fraction of sp³-hybridized carbons (Fsp3) is 0.600. The van der Waals surface area contributed by atoms with E-state index in [1.807, 2.05) is 4.90 Å². The van der Waals surface area contributed by atoms with Crippen molar-refractivity contribution in [1.82, 2.24) is 9.97 Å². The Kier molecular flexibility index (Phi) is 3.09. The summed E-state index contributed by atoms with van der Waals surface area (Å²) in [5, 5.41) is 0. The van der Waals surface area contributed by atoms with Gasteiger partial charge in [-0.15, -0.1) is 0 Å². The average molecular weight is 224 g/mol. The number of anilines is 1. The molecule has 0 radical (unpaired) electrons. The third kappa shape index (κ3) is 2.16. The van der Waals surface area contributed by atoms with E-state index in [4.69, 9.17) is 15.2 Å². The maximum Gasteiger partial charge on any atom is 0.232 e. The zero-order valence-corrected chi connectivity index (χ0v) is 9.51. The first-order chi connectivity index (χ1) is 7.72. The van der Waals surface area contributed by atoms with Gasteiger partial charge in [-0.05, 0) is 6.42 Å². The van der Waals surface area contributed by atoms with E-state index in [1.165, 1.54) is 0 Å². The predicted octanol–water partition coefficient (Wildman–Crippen LogP) is 0.0312. The normalized spacial score (nSPS) is 19.9. The Bertz CT molecular complexity index is 350. The molecule has 1 saturated heterocycles. The molecule has 1 aliphatic rings. The molecule has 6 heteroatoms. The second-order valence-electron chi connectivity index (χ2n) is 3.75. The van der Waals surface area contributed by atoms with Crippen LogP contribution in [0.15, 0.2) is 6.07 Å². The van der Waals surface area contributed by atoms with Crippen LogP contribution in [0.3, 0.4) is 0 Å². The molecule has 0 aromatic carbocycles. The number of rotatable bonds is 3. The lowest BCUT2D eigenvalue weighted by Crippen LogP contribution is -2.27. The van der Waals surface area contributed by atoms with Crippen LogP contribution in [0.5, 0.6) is 11.8 Å². The minimum atomic E-state index is 0.195. The molecule has 16 heavy (non-hydrogen) atoms. The molecule has 2 N–H and O–H groups in total. The topological polar surface area (TPSA) is 73.5 Å². The molecule has 0 saturated carbocycles. The molecule has 6 nitrogen and oxygen atoms in total. The lowest BCUT2D eigenvalue weighted by molar-refractivity contribution is 0.372. The van der Waals surface area contributed by atoms with Crippen LogP contribution in [0.1, 0.15) is 6.42 Å². The quantitative estimate of drug-likeness (QED) is 0.781. The molecule has 1 aromatic heterocycles. The van der Waals surface area contributed by atoms with Gasteiger partial charge in [-0.1, -0.05) is 0 Å². The zero-order chi connectivity index (χ0) is 11.5. The fourth-order valence-electron chi connectivity index (χ4n) is 1.71. The second-order valence-corrected chi connectivity index (χ2v) is 3.75. The van der Waals surface area contributed by atoms with Crippen molar-refractivity contribution in [2.75, 3.05) is 32.2 Å². The number of hydrogen-bond donors (Lipinski definition) is 1. The van der Waals surface area contributed by atoms with E-state index >= 15 is 0 Å². The molecule has 0 aliphatic carbocycles. The van der Waals surface area contributed by atoms with Gasteiger partial charge in [0.25, 0.3) is 0 Å². The Labute approximate surface area is 94.4 Å².